The van der Waals surface area contributed by atoms with E-state index in [2.05, 4.69) is 0 Å². The predicted octanol–water partition coefficient (Wildman–Crippen LogP) is 3.50. The molecule has 0 unspecified atom stereocenters. The second-order valence-corrected chi connectivity index (χ2v) is 4.91. The molecule has 0 bridgehead atoms. The molecule has 0 aliphatic rings. The lowest BCUT2D eigenvalue weighted by Crippen LogP contribution is -2.31. The average molecular weight is 272 g/mol. The maximum absolute atomic E-state index is 12.2. The Labute approximate surface area is 112 Å². The van der Waals surface area contributed by atoms with Crippen molar-refractivity contribution in [3.05, 3.63) is 29.8 Å². The lowest BCUT2D eigenvalue weighted by molar-refractivity contribution is 0.0765. The second kappa shape index (κ2) is 7.62. The van der Waals surface area contributed by atoms with Crippen molar-refractivity contribution in [3.8, 4) is 0 Å². The van der Waals surface area contributed by atoms with Crippen LogP contribution in [-0.2, 0) is 0 Å². The van der Waals surface area contributed by atoms with Gasteiger partial charge in [0.15, 0.2) is 0 Å². The summed E-state index contributed by atoms with van der Waals surface area (Å²) in [5.74, 6) is 0.681. The van der Waals surface area contributed by atoms with Gasteiger partial charge in [0.1, 0.15) is 0 Å². The summed E-state index contributed by atoms with van der Waals surface area (Å²) >= 11 is 7.33. The zero-order valence-electron chi connectivity index (χ0n) is 10.3. The molecule has 2 nitrogen and oxygen atoms in total. The molecule has 1 aromatic rings. The highest BCUT2D eigenvalue weighted by molar-refractivity contribution is 7.98. The quantitative estimate of drug-likeness (QED) is 0.583. The van der Waals surface area contributed by atoms with Crippen LogP contribution in [0.25, 0.3) is 0 Å². The van der Waals surface area contributed by atoms with E-state index in [0.29, 0.717) is 5.88 Å². The molecule has 0 saturated heterocycles. The van der Waals surface area contributed by atoms with Crippen LogP contribution < -0.4 is 0 Å². The van der Waals surface area contributed by atoms with Crippen LogP contribution in [0.3, 0.4) is 0 Å². The summed E-state index contributed by atoms with van der Waals surface area (Å²) in [7, 11) is 0. The largest absolute Gasteiger partial charge is 0.339 e. The summed E-state index contributed by atoms with van der Waals surface area (Å²) in [6.07, 6.45) is 2.86. The molecule has 0 aliphatic heterocycles. The molecule has 4 heteroatoms. The van der Waals surface area contributed by atoms with Crippen molar-refractivity contribution in [2.75, 3.05) is 25.2 Å². The topological polar surface area (TPSA) is 20.3 Å². The fourth-order valence-corrected chi connectivity index (χ4v) is 2.10. The Bertz CT molecular complexity index is 353. The van der Waals surface area contributed by atoms with Crippen LogP contribution in [0.1, 0.15) is 23.7 Å². The van der Waals surface area contributed by atoms with E-state index in [-0.39, 0.29) is 5.91 Å². The van der Waals surface area contributed by atoms with E-state index in [1.165, 1.54) is 4.90 Å². The first kappa shape index (κ1) is 14.4. The first-order valence-corrected chi connectivity index (χ1v) is 7.48. The van der Waals surface area contributed by atoms with Crippen LogP contribution in [0.4, 0.5) is 0 Å². The van der Waals surface area contributed by atoms with Gasteiger partial charge in [-0.3, -0.25) is 4.79 Å². The Hall–Kier alpha value is -0.670. The number of hydrogen-bond donors (Lipinski definition) is 0. The van der Waals surface area contributed by atoms with Crippen molar-refractivity contribution in [2.24, 2.45) is 0 Å². The number of carbonyl (C=O) groups excluding carboxylic acids is 1. The SMILES string of the molecule is CCN(CCCCl)C(=O)c1ccc(SC)cc1. The van der Waals surface area contributed by atoms with Gasteiger partial charge in [-0.15, -0.1) is 23.4 Å². The van der Waals surface area contributed by atoms with Gasteiger partial charge in [-0.05, 0) is 43.9 Å². The lowest BCUT2D eigenvalue weighted by atomic mass is 10.2. The summed E-state index contributed by atoms with van der Waals surface area (Å²) < 4.78 is 0. The van der Waals surface area contributed by atoms with Crippen LogP contribution >= 0.6 is 23.4 Å². The van der Waals surface area contributed by atoms with Crippen molar-refractivity contribution in [1.29, 1.82) is 0 Å². The molecule has 0 aliphatic carbocycles. The highest BCUT2D eigenvalue weighted by Crippen LogP contribution is 2.16. The van der Waals surface area contributed by atoms with Gasteiger partial charge < -0.3 is 4.90 Å². The summed E-state index contributed by atoms with van der Waals surface area (Å²) in [4.78, 5) is 15.2. The summed E-state index contributed by atoms with van der Waals surface area (Å²) in [5.41, 5.74) is 0.749. The molecule has 0 saturated carbocycles. The Morgan fingerprint density at radius 3 is 2.47 bits per heavy atom. The highest BCUT2D eigenvalue weighted by atomic mass is 35.5. The first-order valence-electron chi connectivity index (χ1n) is 5.72. The summed E-state index contributed by atoms with van der Waals surface area (Å²) in [5, 5.41) is 0. The molecule has 0 heterocycles. The first-order chi connectivity index (χ1) is 8.22. The van der Waals surface area contributed by atoms with E-state index < -0.39 is 0 Å². The van der Waals surface area contributed by atoms with Crippen molar-refractivity contribution in [3.63, 3.8) is 0 Å². The molecule has 0 radical (unpaired) electrons. The third-order valence-electron chi connectivity index (χ3n) is 2.57. The van der Waals surface area contributed by atoms with Gasteiger partial charge in [-0.2, -0.15) is 0 Å². The normalized spacial score (nSPS) is 10.3. The number of alkyl halides is 1. The Morgan fingerprint density at radius 1 is 1.35 bits per heavy atom. The van der Waals surface area contributed by atoms with Crippen LogP contribution in [0.15, 0.2) is 29.2 Å². The zero-order valence-corrected chi connectivity index (χ0v) is 11.9. The molecule has 0 N–H and O–H groups in total. The molecular weight excluding hydrogens is 254 g/mol. The van der Waals surface area contributed by atoms with Crippen molar-refractivity contribution < 1.29 is 4.79 Å². The molecular formula is C13H18ClNOS. The van der Waals surface area contributed by atoms with Gasteiger partial charge in [-0.1, -0.05) is 0 Å². The fourth-order valence-electron chi connectivity index (χ4n) is 1.57. The number of halogens is 1. The number of amides is 1. The molecule has 1 rings (SSSR count). The highest BCUT2D eigenvalue weighted by Gasteiger charge is 2.13. The Kier molecular flexibility index (Phi) is 6.45. The fraction of sp³-hybridized carbons (Fsp3) is 0.462. The monoisotopic (exact) mass is 271 g/mol. The minimum atomic E-state index is 0.0882. The standard InChI is InChI=1S/C13H18ClNOS/c1-3-15(10-4-9-14)13(16)11-5-7-12(17-2)8-6-11/h5-8H,3-4,9-10H2,1-2H3. The number of carbonyl (C=O) groups is 1. The summed E-state index contributed by atoms with van der Waals surface area (Å²) in [6, 6.07) is 7.73. The van der Waals surface area contributed by atoms with Crippen LogP contribution in [0.2, 0.25) is 0 Å². The minimum Gasteiger partial charge on any atom is -0.339 e. The third-order valence-corrected chi connectivity index (χ3v) is 3.58. The van der Waals surface area contributed by atoms with Gasteiger partial charge in [0.05, 0.1) is 0 Å². The van der Waals surface area contributed by atoms with E-state index in [1.807, 2.05) is 42.3 Å². The number of hydrogen-bond acceptors (Lipinski definition) is 2. The van der Waals surface area contributed by atoms with Gasteiger partial charge in [0.2, 0.25) is 0 Å². The van der Waals surface area contributed by atoms with Crippen molar-refractivity contribution in [2.45, 2.75) is 18.2 Å². The van der Waals surface area contributed by atoms with E-state index >= 15 is 0 Å². The van der Waals surface area contributed by atoms with E-state index in [9.17, 15) is 4.79 Å². The molecule has 0 atom stereocenters. The molecule has 1 amide bonds. The lowest BCUT2D eigenvalue weighted by Gasteiger charge is -2.20. The average Bonchev–Trinajstić information content (AvgIpc) is 2.39. The smallest absolute Gasteiger partial charge is 0.253 e. The predicted molar refractivity (Wildman–Crippen MR) is 75.1 cm³/mol. The van der Waals surface area contributed by atoms with E-state index in [0.717, 1.165) is 25.1 Å². The number of benzene rings is 1. The van der Waals surface area contributed by atoms with Crippen molar-refractivity contribution >= 4 is 29.3 Å². The zero-order chi connectivity index (χ0) is 12.7. The molecule has 0 fully saturated rings. The molecule has 0 aromatic heterocycles. The summed E-state index contributed by atoms with van der Waals surface area (Å²) in [6.45, 7) is 3.44. The van der Waals surface area contributed by atoms with Crippen LogP contribution in [0.5, 0.6) is 0 Å². The van der Waals surface area contributed by atoms with Gasteiger partial charge in [0.25, 0.3) is 5.91 Å². The maximum Gasteiger partial charge on any atom is 0.253 e. The van der Waals surface area contributed by atoms with Gasteiger partial charge in [-0.25, -0.2) is 0 Å². The van der Waals surface area contributed by atoms with Gasteiger partial charge in [0, 0.05) is 29.4 Å². The number of thioether (sulfide) groups is 1. The van der Waals surface area contributed by atoms with Gasteiger partial charge >= 0.3 is 0 Å². The Balaban J connectivity index is 2.71. The maximum atomic E-state index is 12.2. The number of rotatable bonds is 6. The molecule has 94 valence electrons. The minimum absolute atomic E-state index is 0.0882. The van der Waals surface area contributed by atoms with Crippen LogP contribution in [0, 0.1) is 0 Å². The third kappa shape index (κ3) is 4.25. The second-order valence-electron chi connectivity index (χ2n) is 3.66. The molecule has 0 spiro atoms. The molecule has 1 aromatic carbocycles. The van der Waals surface area contributed by atoms with Crippen molar-refractivity contribution in [1.82, 2.24) is 4.90 Å². The Morgan fingerprint density at radius 2 is 2.00 bits per heavy atom. The number of nitrogens with zero attached hydrogens (tertiary/aromatic N) is 1. The molecule has 17 heavy (non-hydrogen) atoms. The van der Waals surface area contributed by atoms with E-state index in [1.54, 1.807) is 11.8 Å². The van der Waals surface area contributed by atoms with E-state index in [4.69, 9.17) is 11.6 Å². The van der Waals surface area contributed by atoms with Crippen LogP contribution in [-0.4, -0.2) is 36.0 Å².